The normalized spacial score (nSPS) is 21.0. The summed E-state index contributed by atoms with van der Waals surface area (Å²) in [7, 11) is 0. The third-order valence-electron chi connectivity index (χ3n) is 5.87. The largest absolute Gasteiger partial charge is 0.369 e. The van der Waals surface area contributed by atoms with Crippen LogP contribution >= 0.6 is 0 Å². The zero-order valence-corrected chi connectivity index (χ0v) is 16.6. The van der Waals surface area contributed by atoms with E-state index >= 15 is 0 Å². The highest BCUT2D eigenvalue weighted by molar-refractivity contribution is 5.95. The fourth-order valence-corrected chi connectivity index (χ4v) is 4.12. The van der Waals surface area contributed by atoms with Crippen molar-refractivity contribution < 1.29 is 4.79 Å². The number of carbonyl (C=O) groups is 1. The van der Waals surface area contributed by atoms with Gasteiger partial charge >= 0.3 is 0 Å². The number of piperazine rings is 2. The smallest absolute Gasteiger partial charge is 0.254 e. The molecule has 6 nitrogen and oxygen atoms in total. The van der Waals surface area contributed by atoms with E-state index in [0.29, 0.717) is 6.54 Å². The first-order valence-electron chi connectivity index (χ1n) is 10.2. The van der Waals surface area contributed by atoms with Crippen molar-refractivity contribution in [1.82, 2.24) is 20.1 Å². The SMILES string of the molecule is CCN1CCN(c2ccc(C(=O)N3CCNCC3c3cccnc3)cc2)CC1. The summed E-state index contributed by atoms with van der Waals surface area (Å²) in [5, 5.41) is 3.40. The van der Waals surface area contributed by atoms with Gasteiger partial charge in [0, 0.05) is 69.5 Å². The number of pyridine rings is 1. The van der Waals surface area contributed by atoms with Gasteiger partial charge in [0.1, 0.15) is 0 Å². The Hall–Kier alpha value is -2.44. The average molecular weight is 380 g/mol. The standard InChI is InChI=1S/C22H29N5O/c1-2-25-12-14-26(15-13-25)20-7-5-18(6-8-20)22(28)27-11-10-24-17-21(27)19-4-3-9-23-16-19/h3-9,16,21,24H,2,10-15,17H2,1H3. The number of amides is 1. The molecule has 148 valence electrons. The number of hydrogen-bond donors (Lipinski definition) is 1. The molecule has 0 radical (unpaired) electrons. The first-order chi connectivity index (χ1) is 13.8. The maximum absolute atomic E-state index is 13.2. The van der Waals surface area contributed by atoms with E-state index in [1.54, 1.807) is 6.20 Å². The lowest BCUT2D eigenvalue weighted by molar-refractivity contribution is 0.0634. The minimum Gasteiger partial charge on any atom is -0.369 e. The van der Waals surface area contributed by atoms with Gasteiger partial charge in [-0.3, -0.25) is 9.78 Å². The van der Waals surface area contributed by atoms with Crippen LogP contribution in [0.3, 0.4) is 0 Å². The molecule has 2 fully saturated rings. The van der Waals surface area contributed by atoms with Crippen molar-refractivity contribution in [2.75, 3.05) is 57.3 Å². The van der Waals surface area contributed by atoms with Gasteiger partial charge in [-0.2, -0.15) is 0 Å². The van der Waals surface area contributed by atoms with Crippen LogP contribution < -0.4 is 10.2 Å². The number of nitrogens with zero attached hydrogens (tertiary/aromatic N) is 4. The highest BCUT2D eigenvalue weighted by Crippen LogP contribution is 2.25. The predicted octanol–water partition coefficient (Wildman–Crippen LogP) is 2.01. The van der Waals surface area contributed by atoms with Crippen LogP contribution in [0.5, 0.6) is 0 Å². The van der Waals surface area contributed by atoms with Crippen molar-refractivity contribution in [3.63, 3.8) is 0 Å². The summed E-state index contributed by atoms with van der Waals surface area (Å²) >= 11 is 0. The summed E-state index contributed by atoms with van der Waals surface area (Å²) in [4.78, 5) is 24.3. The lowest BCUT2D eigenvalue weighted by atomic mass is 10.0. The topological polar surface area (TPSA) is 51.7 Å². The molecule has 2 aliphatic rings. The van der Waals surface area contributed by atoms with Crippen LogP contribution in [-0.2, 0) is 0 Å². The molecule has 0 bridgehead atoms. The van der Waals surface area contributed by atoms with Gasteiger partial charge in [-0.15, -0.1) is 0 Å². The van der Waals surface area contributed by atoms with Gasteiger partial charge in [-0.1, -0.05) is 13.0 Å². The summed E-state index contributed by atoms with van der Waals surface area (Å²) in [5.74, 6) is 0.0951. The molecular formula is C22H29N5O. The molecule has 1 aromatic carbocycles. The van der Waals surface area contributed by atoms with E-state index in [0.717, 1.165) is 56.9 Å². The maximum Gasteiger partial charge on any atom is 0.254 e. The van der Waals surface area contributed by atoms with Gasteiger partial charge < -0.3 is 20.0 Å². The van der Waals surface area contributed by atoms with Crippen molar-refractivity contribution in [2.45, 2.75) is 13.0 Å². The van der Waals surface area contributed by atoms with Gasteiger partial charge in [0.05, 0.1) is 6.04 Å². The molecule has 4 rings (SSSR count). The van der Waals surface area contributed by atoms with E-state index in [1.807, 2.05) is 35.4 Å². The van der Waals surface area contributed by atoms with Crippen molar-refractivity contribution in [1.29, 1.82) is 0 Å². The Kier molecular flexibility index (Phi) is 5.88. The molecule has 3 heterocycles. The van der Waals surface area contributed by atoms with E-state index < -0.39 is 0 Å². The van der Waals surface area contributed by atoms with Gasteiger partial charge in [-0.05, 0) is 42.4 Å². The van der Waals surface area contributed by atoms with Crippen LogP contribution in [0, 0.1) is 0 Å². The molecule has 1 atom stereocenters. The number of rotatable bonds is 4. The zero-order valence-electron chi connectivity index (χ0n) is 16.6. The first kappa shape index (κ1) is 18.9. The number of aromatic nitrogens is 1. The molecule has 1 aromatic heterocycles. The Bertz CT molecular complexity index is 771. The lowest BCUT2D eigenvalue weighted by Crippen LogP contribution is -2.48. The molecule has 1 N–H and O–H groups in total. The summed E-state index contributed by atoms with van der Waals surface area (Å²) in [6.07, 6.45) is 3.63. The van der Waals surface area contributed by atoms with E-state index in [-0.39, 0.29) is 11.9 Å². The maximum atomic E-state index is 13.2. The van der Waals surface area contributed by atoms with Crippen LogP contribution in [0.4, 0.5) is 5.69 Å². The number of hydrogen-bond acceptors (Lipinski definition) is 5. The van der Waals surface area contributed by atoms with Gasteiger partial charge in [0.2, 0.25) is 0 Å². The monoisotopic (exact) mass is 379 g/mol. The predicted molar refractivity (Wildman–Crippen MR) is 112 cm³/mol. The molecule has 2 saturated heterocycles. The fraction of sp³-hybridized carbons (Fsp3) is 0.455. The summed E-state index contributed by atoms with van der Waals surface area (Å²) in [6.45, 7) is 9.91. The van der Waals surface area contributed by atoms with Crippen molar-refractivity contribution in [2.24, 2.45) is 0 Å². The quantitative estimate of drug-likeness (QED) is 0.881. The Balaban J connectivity index is 1.46. The fourth-order valence-electron chi connectivity index (χ4n) is 4.12. The molecule has 2 aliphatic heterocycles. The number of likely N-dealkylation sites (N-methyl/N-ethyl adjacent to an activating group) is 1. The van der Waals surface area contributed by atoms with Crippen LogP contribution in [-0.4, -0.2) is 73.0 Å². The minimum atomic E-state index is 0.0248. The van der Waals surface area contributed by atoms with Crippen LogP contribution in [0.2, 0.25) is 0 Å². The van der Waals surface area contributed by atoms with Crippen LogP contribution in [0.1, 0.15) is 28.9 Å². The summed E-state index contributed by atoms with van der Waals surface area (Å²) in [5.41, 5.74) is 3.04. The molecule has 0 aliphatic carbocycles. The van der Waals surface area contributed by atoms with E-state index in [2.05, 4.69) is 39.2 Å². The number of benzene rings is 1. The molecule has 1 amide bonds. The highest BCUT2D eigenvalue weighted by Gasteiger charge is 2.28. The highest BCUT2D eigenvalue weighted by atomic mass is 16.2. The molecular weight excluding hydrogens is 350 g/mol. The van der Waals surface area contributed by atoms with Crippen molar-refractivity contribution in [3.8, 4) is 0 Å². The molecule has 0 saturated carbocycles. The first-order valence-corrected chi connectivity index (χ1v) is 10.2. The minimum absolute atomic E-state index is 0.0248. The average Bonchev–Trinajstić information content (AvgIpc) is 2.79. The number of anilines is 1. The third kappa shape index (κ3) is 4.03. The second-order valence-electron chi connectivity index (χ2n) is 7.47. The Morgan fingerprint density at radius 3 is 2.57 bits per heavy atom. The van der Waals surface area contributed by atoms with E-state index in [4.69, 9.17) is 0 Å². The number of nitrogens with one attached hydrogen (secondary N) is 1. The third-order valence-corrected chi connectivity index (χ3v) is 5.87. The summed E-state index contributed by atoms with van der Waals surface area (Å²) < 4.78 is 0. The lowest BCUT2D eigenvalue weighted by Gasteiger charge is -2.37. The Morgan fingerprint density at radius 2 is 1.89 bits per heavy atom. The molecule has 2 aromatic rings. The molecule has 28 heavy (non-hydrogen) atoms. The molecule has 1 unspecified atom stereocenters. The number of carbonyl (C=O) groups excluding carboxylic acids is 1. The van der Waals surface area contributed by atoms with Crippen molar-refractivity contribution >= 4 is 11.6 Å². The van der Waals surface area contributed by atoms with Crippen LogP contribution in [0.25, 0.3) is 0 Å². The molecule has 0 spiro atoms. The summed E-state index contributed by atoms with van der Waals surface area (Å²) in [6, 6.07) is 12.1. The molecule has 6 heteroatoms. The van der Waals surface area contributed by atoms with E-state index in [1.165, 1.54) is 5.69 Å². The Morgan fingerprint density at radius 1 is 1.11 bits per heavy atom. The van der Waals surface area contributed by atoms with Crippen molar-refractivity contribution in [3.05, 3.63) is 59.9 Å². The zero-order chi connectivity index (χ0) is 19.3. The second-order valence-corrected chi connectivity index (χ2v) is 7.47. The second kappa shape index (κ2) is 8.71. The van der Waals surface area contributed by atoms with E-state index in [9.17, 15) is 4.79 Å². The van der Waals surface area contributed by atoms with Gasteiger partial charge in [-0.25, -0.2) is 0 Å². The van der Waals surface area contributed by atoms with Gasteiger partial charge in [0.15, 0.2) is 0 Å². The van der Waals surface area contributed by atoms with Gasteiger partial charge in [0.25, 0.3) is 5.91 Å². The Labute approximate surface area is 167 Å². The van der Waals surface area contributed by atoms with Crippen LogP contribution in [0.15, 0.2) is 48.8 Å².